The number of aromatic nitrogens is 2. The number of amides is 1. The lowest BCUT2D eigenvalue weighted by Gasteiger charge is -2.33. The maximum atomic E-state index is 12.8. The van der Waals surface area contributed by atoms with Crippen LogP contribution in [0.4, 0.5) is 0 Å². The van der Waals surface area contributed by atoms with Crippen molar-refractivity contribution in [1.29, 1.82) is 0 Å². The molecule has 0 spiro atoms. The van der Waals surface area contributed by atoms with E-state index in [9.17, 15) is 9.90 Å². The van der Waals surface area contributed by atoms with Crippen molar-refractivity contribution in [3.05, 3.63) is 47.0 Å². The van der Waals surface area contributed by atoms with Gasteiger partial charge in [-0.25, -0.2) is 4.98 Å². The summed E-state index contributed by atoms with van der Waals surface area (Å²) in [6, 6.07) is 4.61. The Balaban J connectivity index is 1.72. The number of nitrogens with zero attached hydrogens (tertiary/aromatic N) is 4. The molecular weight excluding hydrogens is 352 g/mol. The summed E-state index contributed by atoms with van der Waals surface area (Å²) in [4.78, 5) is 21.4. The Morgan fingerprint density at radius 1 is 1.42 bits per heavy atom. The lowest BCUT2D eigenvalue weighted by atomic mass is 9.96. The molecule has 1 aromatic heterocycles. The third-order valence-electron chi connectivity index (χ3n) is 4.80. The van der Waals surface area contributed by atoms with Gasteiger partial charge in [0.25, 0.3) is 5.91 Å². The maximum absolute atomic E-state index is 12.8. The Labute approximate surface area is 159 Å². The van der Waals surface area contributed by atoms with Crippen molar-refractivity contribution < 1.29 is 9.90 Å². The number of carbonyl (C=O) groups excluding carboxylic acids is 1. The molecule has 140 valence electrons. The normalized spacial score (nSPS) is 17.7. The van der Waals surface area contributed by atoms with E-state index in [0.29, 0.717) is 12.1 Å². The molecule has 0 bridgehead atoms. The first kappa shape index (κ1) is 18.7. The van der Waals surface area contributed by atoms with E-state index in [1.807, 2.05) is 17.3 Å². The molecule has 1 amide bonds. The molecule has 26 heavy (non-hydrogen) atoms. The molecule has 2 aromatic rings. The molecular formula is C19H25ClN4O2. The second-order valence-corrected chi connectivity index (χ2v) is 7.45. The number of imidazole rings is 1. The van der Waals surface area contributed by atoms with Crippen molar-refractivity contribution in [2.45, 2.75) is 25.3 Å². The molecule has 1 fully saturated rings. The quantitative estimate of drug-likeness (QED) is 0.871. The minimum Gasteiger partial charge on any atom is -0.506 e. The van der Waals surface area contributed by atoms with Crippen LogP contribution in [0.3, 0.4) is 0 Å². The Bertz CT molecular complexity index is 775. The smallest absolute Gasteiger partial charge is 0.253 e. The van der Waals surface area contributed by atoms with Crippen molar-refractivity contribution in [1.82, 2.24) is 19.4 Å². The van der Waals surface area contributed by atoms with Crippen LogP contribution in [0.2, 0.25) is 5.02 Å². The molecule has 6 nitrogen and oxygen atoms in total. The van der Waals surface area contributed by atoms with E-state index >= 15 is 0 Å². The number of aromatic hydroxyl groups is 1. The summed E-state index contributed by atoms with van der Waals surface area (Å²) >= 11 is 5.95. The van der Waals surface area contributed by atoms with Crippen molar-refractivity contribution in [3.63, 3.8) is 0 Å². The summed E-state index contributed by atoms with van der Waals surface area (Å²) in [5.41, 5.74) is 0.504. The van der Waals surface area contributed by atoms with Crippen molar-refractivity contribution in [2.24, 2.45) is 0 Å². The van der Waals surface area contributed by atoms with E-state index in [4.69, 9.17) is 11.6 Å². The second kappa shape index (κ2) is 8.10. The zero-order chi connectivity index (χ0) is 18.7. The molecule has 7 heteroatoms. The van der Waals surface area contributed by atoms with Crippen LogP contribution in [-0.2, 0) is 6.54 Å². The predicted molar refractivity (Wildman–Crippen MR) is 102 cm³/mol. The second-order valence-electron chi connectivity index (χ2n) is 7.04. The number of phenolic OH excluding ortho intramolecular Hbond substituents is 1. The number of likely N-dealkylation sites (N-methyl/N-ethyl adjacent to an activating group) is 1. The van der Waals surface area contributed by atoms with Gasteiger partial charge in [0.15, 0.2) is 0 Å². The highest BCUT2D eigenvalue weighted by Crippen LogP contribution is 2.29. The molecule has 1 aliphatic rings. The summed E-state index contributed by atoms with van der Waals surface area (Å²) in [7, 11) is 4.11. The lowest BCUT2D eigenvalue weighted by molar-refractivity contribution is 0.0703. The van der Waals surface area contributed by atoms with E-state index < -0.39 is 0 Å². The topological polar surface area (TPSA) is 61.6 Å². The van der Waals surface area contributed by atoms with Gasteiger partial charge in [-0.3, -0.25) is 4.79 Å². The fraction of sp³-hybridized carbons (Fsp3) is 0.474. The number of rotatable bonds is 5. The Hall–Kier alpha value is -2.05. The van der Waals surface area contributed by atoms with Crippen LogP contribution < -0.4 is 0 Å². The van der Waals surface area contributed by atoms with Crippen molar-refractivity contribution >= 4 is 17.5 Å². The third-order valence-corrected chi connectivity index (χ3v) is 5.11. The Morgan fingerprint density at radius 2 is 2.23 bits per heavy atom. The average molecular weight is 377 g/mol. The number of likely N-dealkylation sites (tertiary alicyclic amines) is 1. The molecule has 0 radical (unpaired) electrons. The molecule has 1 unspecified atom stereocenters. The molecule has 2 heterocycles. The fourth-order valence-corrected chi connectivity index (χ4v) is 3.55. The predicted octanol–water partition coefficient (Wildman–Crippen LogP) is 2.82. The van der Waals surface area contributed by atoms with Crippen LogP contribution in [0.1, 0.15) is 34.9 Å². The van der Waals surface area contributed by atoms with E-state index in [-0.39, 0.29) is 22.6 Å². The van der Waals surface area contributed by atoms with Crippen LogP contribution >= 0.6 is 11.6 Å². The Morgan fingerprint density at radius 3 is 2.96 bits per heavy atom. The zero-order valence-corrected chi connectivity index (χ0v) is 16.0. The van der Waals surface area contributed by atoms with Crippen LogP contribution in [0.15, 0.2) is 30.6 Å². The molecule has 1 saturated heterocycles. The van der Waals surface area contributed by atoms with Crippen molar-refractivity contribution in [2.75, 3.05) is 33.7 Å². The molecule has 0 aliphatic carbocycles. The summed E-state index contributed by atoms with van der Waals surface area (Å²) in [6.45, 7) is 3.22. The number of carbonyl (C=O) groups is 1. The highest BCUT2D eigenvalue weighted by molar-refractivity contribution is 6.32. The first-order valence-electron chi connectivity index (χ1n) is 8.89. The van der Waals surface area contributed by atoms with Gasteiger partial charge >= 0.3 is 0 Å². The molecule has 1 aromatic carbocycles. The highest BCUT2D eigenvalue weighted by Gasteiger charge is 2.28. The molecule has 1 atom stereocenters. The average Bonchev–Trinajstić information content (AvgIpc) is 3.10. The SMILES string of the molecule is CN(C)CCn1ccnc1C1CCCN(C(=O)c2ccc(O)c(Cl)c2)C1. The zero-order valence-electron chi connectivity index (χ0n) is 15.2. The molecule has 3 rings (SSSR count). The van der Waals surface area contributed by atoms with E-state index in [1.54, 1.807) is 6.07 Å². The molecule has 1 N–H and O–H groups in total. The number of halogens is 1. The first-order valence-corrected chi connectivity index (χ1v) is 9.27. The van der Waals surface area contributed by atoms with E-state index in [2.05, 4.69) is 28.5 Å². The van der Waals surface area contributed by atoms with Crippen LogP contribution in [-0.4, -0.2) is 64.1 Å². The van der Waals surface area contributed by atoms with Crippen LogP contribution in [0.25, 0.3) is 0 Å². The number of piperidine rings is 1. The monoisotopic (exact) mass is 376 g/mol. The van der Waals surface area contributed by atoms with Gasteiger partial charge in [-0.05, 0) is 45.1 Å². The Kier molecular flexibility index (Phi) is 5.84. The molecule has 0 saturated carbocycles. The van der Waals surface area contributed by atoms with E-state index in [1.165, 1.54) is 12.1 Å². The first-order chi connectivity index (χ1) is 12.5. The fourth-order valence-electron chi connectivity index (χ4n) is 3.37. The van der Waals surface area contributed by atoms with Gasteiger partial charge in [0.1, 0.15) is 11.6 Å². The van der Waals surface area contributed by atoms with Gasteiger partial charge < -0.3 is 19.5 Å². The van der Waals surface area contributed by atoms with Gasteiger partial charge in [0, 0.05) is 50.1 Å². The van der Waals surface area contributed by atoms with Gasteiger partial charge in [-0.1, -0.05) is 11.6 Å². The lowest BCUT2D eigenvalue weighted by Crippen LogP contribution is -2.39. The number of hydrogen-bond acceptors (Lipinski definition) is 4. The van der Waals surface area contributed by atoms with E-state index in [0.717, 1.165) is 38.3 Å². The summed E-state index contributed by atoms with van der Waals surface area (Å²) in [5.74, 6) is 1.22. The van der Waals surface area contributed by atoms with Crippen molar-refractivity contribution in [3.8, 4) is 5.75 Å². The summed E-state index contributed by atoms with van der Waals surface area (Å²) in [6.07, 6.45) is 5.83. The number of benzene rings is 1. The standard InChI is InChI=1S/C19H25ClN4O2/c1-22(2)10-11-23-9-7-21-18(23)15-4-3-8-24(13-15)19(26)14-5-6-17(25)16(20)12-14/h5-7,9,12,15,25H,3-4,8,10-11,13H2,1-2H3. The number of phenols is 1. The van der Waals surface area contributed by atoms with Crippen LogP contribution in [0.5, 0.6) is 5.75 Å². The summed E-state index contributed by atoms with van der Waals surface area (Å²) < 4.78 is 2.19. The van der Waals surface area contributed by atoms with Crippen LogP contribution in [0, 0.1) is 0 Å². The summed E-state index contributed by atoms with van der Waals surface area (Å²) in [5, 5.41) is 9.75. The third kappa shape index (κ3) is 4.19. The molecule has 1 aliphatic heterocycles. The maximum Gasteiger partial charge on any atom is 0.253 e. The van der Waals surface area contributed by atoms with Gasteiger partial charge in [0.05, 0.1) is 5.02 Å². The largest absolute Gasteiger partial charge is 0.506 e. The van der Waals surface area contributed by atoms with Gasteiger partial charge in [-0.15, -0.1) is 0 Å². The minimum absolute atomic E-state index is 0.0114. The number of hydrogen-bond donors (Lipinski definition) is 1. The van der Waals surface area contributed by atoms with Gasteiger partial charge in [-0.2, -0.15) is 0 Å². The highest BCUT2D eigenvalue weighted by atomic mass is 35.5. The minimum atomic E-state index is -0.0528. The van der Waals surface area contributed by atoms with Gasteiger partial charge in [0.2, 0.25) is 0 Å².